The fraction of sp³-hybridized carbons (Fsp3) is 0.235. The van der Waals surface area contributed by atoms with Crippen LogP contribution in [0.3, 0.4) is 0 Å². The average Bonchev–Trinajstić information content (AvgIpc) is 3.24. The van der Waals surface area contributed by atoms with Crippen LogP contribution in [-0.2, 0) is 0 Å². The molecule has 1 aliphatic rings. The minimum absolute atomic E-state index is 0.0128. The molecule has 1 aliphatic heterocycles. The molecule has 1 fully saturated rings. The Morgan fingerprint density at radius 3 is 2.95 bits per heavy atom. The zero-order valence-corrected chi connectivity index (χ0v) is 12.1. The summed E-state index contributed by atoms with van der Waals surface area (Å²) < 4.78 is 0. The summed E-state index contributed by atoms with van der Waals surface area (Å²) >= 11 is 0. The zero-order valence-electron chi connectivity index (χ0n) is 12.1. The van der Waals surface area contributed by atoms with E-state index in [1.807, 2.05) is 41.3 Å². The van der Waals surface area contributed by atoms with Gasteiger partial charge in [0.05, 0.1) is 0 Å². The van der Waals surface area contributed by atoms with Crippen LogP contribution in [0.1, 0.15) is 28.5 Å². The van der Waals surface area contributed by atoms with Crippen LogP contribution in [0.15, 0.2) is 48.8 Å². The quantitative estimate of drug-likeness (QED) is 0.789. The van der Waals surface area contributed by atoms with E-state index in [-0.39, 0.29) is 5.91 Å². The standard InChI is InChI=1S/C17H16N4O/c22-17(16-14-4-2-1-3-12(14)5-8-18-16)21-10-7-13(11-21)15-6-9-19-20-15/h1-6,8-9,13H,7,10-11H2,(H,19,20)/t13-/m1/s1. The van der Waals surface area contributed by atoms with E-state index in [9.17, 15) is 4.79 Å². The molecule has 0 unspecified atom stereocenters. The van der Waals surface area contributed by atoms with Gasteiger partial charge in [0.2, 0.25) is 0 Å². The highest BCUT2D eigenvalue weighted by Crippen LogP contribution is 2.27. The van der Waals surface area contributed by atoms with Crippen molar-refractivity contribution in [2.24, 2.45) is 0 Å². The third kappa shape index (κ3) is 2.15. The predicted molar refractivity (Wildman–Crippen MR) is 83.6 cm³/mol. The Balaban J connectivity index is 1.62. The number of likely N-dealkylation sites (tertiary alicyclic amines) is 1. The van der Waals surface area contributed by atoms with Gasteiger partial charge in [0.1, 0.15) is 5.69 Å². The van der Waals surface area contributed by atoms with Crippen molar-refractivity contribution in [1.82, 2.24) is 20.1 Å². The molecular formula is C17H16N4O. The second-order valence-electron chi connectivity index (χ2n) is 5.63. The number of amides is 1. The highest BCUT2D eigenvalue weighted by Gasteiger charge is 2.29. The van der Waals surface area contributed by atoms with Gasteiger partial charge in [-0.05, 0) is 23.9 Å². The normalized spacial score (nSPS) is 18.0. The fourth-order valence-electron chi connectivity index (χ4n) is 3.13. The maximum atomic E-state index is 12.8. The second kappa shape index (κ2) is 5.26. The lowest BCUT2D eigenvalue weighted by molar-refractivity contribution is 0.0787. The number of nitrogens with zero attached hydrogens (tertiary/aromatic N) is 3. The summed E-state index contributed by atoms with van der Waals surface area (Å²) in [6, 6.07) is 11.8. The van der Waals surface area contributed by atoms with Crippen molar-refractivity contribution in [2.45, 2.75) is 12.3 Å². The van der Waals surface area contributed by atoms with Crippen LogP contribution < -0.4 is 0 Å². The van der Waals surface area contributed by atoms with Crippen LogP contribution in [0.2, 0.25) is 0 Å². The van der Waals surface area contributed by atoms with Crippen molar-refractivity contribution in [2.75, 3.05) is 13.1 Å². The van der Waals surface area contributed by atoms with Crippen LogP contribution in [0.5, 0.6) is 0 Å². The number of nitrogens with one attached hydrogen (secondary N) is 1. The minimum Gasteiger partial charge on any atom is -0.337 e. The number of aromatic nitrogens is 3. The Bertz CT molecular complexity index is 807. The molecule has 1 amide bonds. The number of rotatable bonds is 2. The first-order valence-electron chi connectivity index (χ1n) is 7.45. The van der Waals surface area contributed by atoms with Gasteiger partial charge in [0, 0.05) is 42.5 Å². The summed E-state index contributed by atoms with van der Waals surface area (Å²) in [6.45, 7) is 1.47. The van der Waals surface area contributed by atoms with Crippen molar-refractivity contribution in [1.29, 1.82) is 0 Å². The van der Waals surface area contributed by atoms with Crippen molar-refractivity contribution in [3.63, 3.8) is 0 Å². The van der Waals surface area contributed by atoms with Gasteiger partial charge in [-0.3, -0.25) is 14.9 Å². The van der Waals surface area contributed by atoms with E-state index in [0.29, 0.717) is 18.2 Å². The Morgan fingerprint density at radius 1 is 1.18 bits per heavy atom. The van der Waals surface area contributed by atoms with Gasteiger partial charge in [0.15, 0.2) is 0 Å². The van der Waals surface area contributed by atoms with Crippen molar-refractivity contribution < 1.29 is 4.79 Å². The van der Waals surface area contributed by atoms with Gasteiger partial charge in [-0.25, -0.2) is 0 Å². The highest BCUT2D eigenvalue weighted by molar-refractivity contribution is 6.05. The van der Waals surface area contributed by atoms with Crippen molar-refractivity contribution in [3.8, 4) is 0 Å². The maximum Gasteiger partial charge on any atom is 0.273 e. The molecule has 3 aromatic rings. The van der Waals surface area contributed by atoms with E-state index >= 15 is 0 Å². The predicted octanol–water partition coefficient (Wildman–Crippen LogP) is 2.59. The number of H-pyrrole nitrogens is 1. The summed E-state index contributed by atoms with van der Waals surface area (Å²) in [5.74, 6) is 0.347. The van der Waals surface area contributed by atoms with Gasteiger partial charge >= 0.3 is 0 Å². The summed E-state index contributed by atoms with van der Waals surface area (Å²) in [5.41, 5.74) is 1.64. The van der Waals surface area contributed by atoms with Crippen LogP contribution in [0.4, 0.5) is 0 Å². The molecule has 0 aliphatic carbocycles. The van der Waals surface area contributed by atoms with E-state index in [4.69, 9.17) is 0 Å². The molecule has 0 bridgehead atoms. The molecule has 1 aromatic carbocycles. The molecule has 1 atom stereocenters. The lowest BCUT2D eigenvalue weighted by Gasteiger charge is -2.16. The van der Waals surface area contributed by atoms with Gasteiger partial charge in [0.25, 0.3) is 5.91 Å². The van der Waals surface area contributed by atoms with Gasteiger partial charge in [-0.15, -0.1) is 0 Å². The topological polar surface area (TPSA) is 61.9 Å². The van der Waals surface area contributed by atoms with E-state index in [1.165, 1.54) is 0 Å². The first-order valence-corrected chi connectivity index (χ1v) is 7.45. The lowest BCUT2D eigenvalue weighted by atomic mass is 10.1. The number of fused-ring (bicyclic) bond motifs is 1. The van der Waals surface area contributed by atoms with E-state index in [2.05, 4.69) is 15.2 Å². The van der Waals surface area contributed by atoms with E-state index in [1.54, 1.807) is 12.4 Å². The fourth-order valence-corrected chi connectivity index (χ4v) is 3.13. The third-order valence-corrected chi connectivity index (χ3v) is 4.31. The van der Waals surface area contributed by atoms with Gasteiger partial charge in [-0.2, -0.15) is 5.10 Å². The number of carbonyl (C=O) groups excluding carboxylic acids is 1. The molecule has 2 aromatic heterocycles. The lowest BCUT2D eigenvalue weighted by Crippen LogP contribution is -2.29. The zero-order chi connectivity index (χ0) is 14.9. The van der Waals surface area contributed by atoms with Gasteiger partial charge < -0.3 is 4.90 Å². The Hall–Kier alpha value is -2.69. The SMILES string of the molecule is O=C(c1nccc2ccccc12)N1CC[C@@H](c2ccn[nH]2)C1. The van der Waals surface area contributed by atoms with Crippen molar-refractivity contribution >= 4 is 16.7 Å². The van der Waals surface area contributed by atoms with Crippen LogP contribution in [0, 0.1) is 0 Å². The van der Waals surface area contributed by atoms with Crippen LogP contribution >= 0.6 is 0 Å². The minimum atomic E-state index is 0.0128. The molecule has 4 rings (SSSR count). The van der Waals surface area contributed by atoms with Crippen LogP contribution in [0.25, 0.3) is 10.8 Å². The molecule has 5 heteroatoms. The number of hydrogen-bond acceptors (Lipinski definition) is 3. The Kier molecular flexibility index (Phi) is 3.11. The van der Waals surface area contributed by atoms with E-state index < -0.39 is 0 Å². The number of hydrogen-bond donors (Lipinski definition) is 1. The molecule has 0 radical (unpaired) electrons. The molecule has 0 saturated carbocycles. The maximum absolute atomic E-state index is 12.8. The number of pyridine rings is 1. The number of benzene rings is 1. The summed E-state index contributed by atoms with van der Waals surface area (Å²) in [5, 5.41) is 8.96. The summed E-state index contributed by atoms with van der Waals surface area (Å²) in [4.78, 5) is 19.0. The average molecular weight is 292 g/mol. The van der Waals surface area contributed by atoms with Gasteiger partial charge in [-0.1, -0.05) is 24.3 Å². The molecule has 0 spiro atoms. The molecule has 3 heterocycles. The molecular weight excluding hydrogens is 276 g/mol. The second-order valence-corrected chi connectivity index (χ2v) is 5.63. The number of carbonyl (C=O) groups is 1. The van der Waals surface area contributed by atoms with E-state index in [0.717, 1.165) is 29.4 Å². The Morgan fingerprint density at radius 2 is 2.09 bits per heavy atom. The third-order valence-electron chi connectivity index (χ3n) is 4.31. The first-order chi connectivity index (χ1) is 10.8. The largest absolute Gasteiger partial charge is 0.337 e. The number of aromatic amines is 1. The summed E-state index contributed by atoms with van der Waals surface area (Å²) in [7, 11) is 0. The van der Waals surface area contributed by atoms with Crippen molar-refractivity contribution in [3.05, 3.63) is 60.2 Å². The molecule has 110 valence electrons. The molecule has 5 nitrogen and oxygen atoms in total. The smallest absolute Gasteiger partial charge is 0.273 e. The molecule has 1 saturated heterocycles. The summed E-state index contributed by atoms with van der Waals surface area (Å²) in [6.07, 6.45) is 4.42. The molecule has 1 N–H and O–H groups in total. The molecule has 22 heavy (non-hydrogen) atoms. The monoisotopic (exact) mass is 292 g/mol. The van der Waals surface area contributed by atoms with Crippen LogP contribution in [-0.4, -0.2) is 39.1 Å². The first kappa shape index (κ1) is 13.0. The highest BCUT2D eigenvalue weighted by atomic mass is 16.2. The Labute approximate surface area is 128 Å².